The topological polar surface area (TPSA) is 84.8 Å². The van der Waals surface area contributed by atoms with Crippen molar-refractivity contribution >= 4 is 9.84 Å². The number of aromatic nitrogens is 3. The Kier molecular flexibility index (Phi) is 4.45. The van der Waals surface area contributed by atoms with Gasteiger partial charge in [0.05, 0.1) is 22.7 Å². The molecule has 0 aliphatic heterocycles. The summed E-state index contributed by atoms with van der Waals surface area (Å²) in [6, 6.07) is 11.1. The van der Waals surface area contributed by atoms with Gasteiger partial charge in [0.2, 0.25) is 9.84 Å². The minimum atomic E-state index is -4.60. The molecule has 0 radical (unpaired) electrons. The summed E-state index contributed by atoms with van der Waals surface area (Å²) in [6.45, 7) is 0. The lowest BCUT2D eigenvalue weighted by molar-refractivity contribution is -0.137. The van der Waals surface area contributed by atoms with Crippen LogP contribution in [-0.4, -0.2) is 23.2 Å². The highest BCUT2D eigenvalue weighted by atomic mass is 32.2. The number of hydrogen-bond donors (Lipinski definition) is 1. The molecule has 26 heavy (non-hydrogen) atoms. The fraction of sp³-hybridized carbons (Fsp3) is 0.125. The number of rotatable bonds is 4. The van der Waals surface area contributed by atoms with Crippen molar-refractivity contribution in [1.29, 1.82) is 0 Å². The molecule has 0 saturated carbocycles. The smallest absolute Gasteiger partial charge is 0.294 e. The molecular weight excluding hydrogens is 371 g/mol. The lowest BCUT2D eigenvalue weighted by atomic mass is 10.3. The van der Waals surface area contributed by atoms with Crippen LogP contribution in [0.2, 0.25) is 0 Å². The number of nitrogens with one attached hydrogen (secondary N) is 1. The maximum Gasteiger partial charge on any atom is 0.417 e. The Morgan fingerprint density at radius 2 is 1.77 bits per heavy atom. The highest BCUT2D eigenvalue weighted by molar-refractivity contribution is 7.90. The number of sulfone groups is 1. The highest BCUT2D eigenvalue weighted by Gasteiger charge is 2.31. The van der Waals surface area contributed by atoms with E-state index in [4.69, 9.17) is 0 Å². The van der Waals surface area contributed by atoms with Crippen LogP contribution in [0.5, 0.6) is 0 Å². The zero-order valence-electron chi connectivity index (χ0n) is 13.1. The average Bonchev–Trinajstić information content (AvgIpc) is 2.94. The van der Waals surface area contributed by atoms with Gasteiger partial charge in [0, 0.05) is 12.3 Å². The van der Waals surface area contributed by atoms with Crippen molar-refractivity contribution in [3.63, 3.8) is 0 Å². The van der Waals surface area contributed by atoms with Gasteiger partial charge in [-0.3, -0.25) is 9.89 Å². The summed E-state index contributed by atoms with van der Waals surface area (Å²) in [6.07, 6.45) is -4.14. The Hall–Kier alpha value is -2.88. The Morgan fingerprint density at radius 3 is 2.35 bits per heavy atom. The van der Waals surface area contributed by atoms with Gasteiger partial charge in [0.1, 0.15) is 0 Å². The number of nitrogens with zero attached hydrogens (tertiary/aromatic N) is 2. The van der Waals surface area contributed by atoms with Crippen molar-refractivity contribution in [2.45, 2.75) is 17.0 Å². The van der Waals surface area contributed by atoms with Crippen LogP contribution in [0.25, 0.3) is 5.69 Å². The molecule has 10 heteroatoms. The van der Waals surface area contributed by atoms with Crippen molar-refractivity contribution < 1.29 is 21.6 Å². The number of H-pyrrole nitrogens is 1. The number of benzene rings is 1. The molecule has 136 valence electrons. The predicted octanol–water partition coefficient (Wildman–Crippen LogP) is 2.55. The summed E-state index contributed by atoms with van der Waals surface area (Å²) in [5.41, 5.74) is -0.878. The summed E-state index contributed by atoms with van der Waals surface area (Å²) in [5, 5.41) is 2.18. The Bertz CT molecular complexity index is 1070. The molecule has 0 spiro atoms. The monoisotopic (exact) mass is 383 g/mol. The molecule has 6 nitrogen and oxygen atoms in total. The summed E-state index contributed by atoms with van der Waals surface area (Å²) in [5.74, 6) is -0.597. The van der Waals surface area contributed by atoms with E-state index in [1.165, 1.54) is 4.68 Å². The van der Waals surface area contributed by atoms with Crippen LogP contribution in [0.15, 0.2) is 64.5 Å². The Morgan fingerprint density at radius 1 is 1.08 bits per heavy atom. The van der Waals surface area contributed by atoms with Crippen molar-refractivity contribution in [2.24, 2.45) is 0 Å². The van der Waals surface area contributed by atoms with Crippen LogP contribution in [0.4, 0.5) is 13.2 Å². The van der Waals surface area contributed by atoms with Crippen LogP contribution in [0.1, 0.15) is 11.3 Å². The second kappa shape index (κ2) is 6.45. The third-order valence-electron chi connectivity index (χ3n) is 3.52. The molecule has 0 bridgehead atoms. The minimum absolute atomic E-state index is 0.0977. The lowest BCUT2D eigenvalue weighted by Gasteiger charge is -2.07. The number of alkyl halides is 3. The van der Waals surface area contributed by atoms with Crippen molar-refractivity contribution in [3.8, 4) is 5.69 Å². The number of halogens is 3. The van der Waals surface area contributed by atoms with Crippen LogP contribution in [0.3, 0.4) is 0 Å². The van der Waals surface area contributed by atoms with Crippen molar-refractivity contribution in [3.05, 3.63) is 76.3 Å². The fourth-order valence-electron chi connectivity index (χ4n) is 2.30. The van der Waals surface area contributed by atoms with Crippen LogP contribution < -0.4 is 5.56 Å². The first-order valence-corrected chi connectivity index (χ1v) is 8.94. The largest absolute Gasteiger partial charge is 0.417 e. The summed E-state index contributed by atoms with van der Waals surface area (Å²) in [4.78, 5) is 15.4. The molecule has 0 unspecified atom stereocenters. The summed E-state index contributed by atoms with van der Waals surface area (Å²) < 4.78 is 63.5. The van der Waals surface area contributed by atoms with E-state index < -0.39 is 37.9 Å². The average molecular weight is 383 g/mol. The predicted molar refractivity (Wildman–Crippen MR) is 86.5 cm³/mol. The first-order valence-electron chi connectivity index (χ1n) is 7.29. The highest BCUT2D eigenvalue weighted by Crippen LogP contribution is 2.29. The van der Waals surface area contributed by atoms with Gasteiger partial charge in [-0.05, 0) is 24.3 Å². The van der Waals surface area contributed by atoms with E-state index in [0.29, 0.717) is 18.0 Å². The maximum absolute atomic E-state index is 12.5. The lowest BCUT2D eigenvalue weighted by Crippen LogP contribution is -2.13. The number of aromatic amines is 1. The second-order valence-corrected chi connectivity index (χ2v) is 7.37. The van der Waals surface area contributed by atoms with E-state index in [1.807, 2.05) is 0 Å². The van der Waals surface area contributed by atoms with Gasteiger partial charge in [-0.15, -0.1) is 0 Å². The Balaban J connectivity index is 1.88. The van der Waals surface area contributed by atoms with Gasteiger partial charge in [-0.2, -0.15) is 13.2 Å². The van der Waals surface area contributed by atoms with E-state index in [-0.39, 0.29) is 5.69 Å². The van der Waals surface area contributed by atoms with Gasteiger partial charge >= 0.3 is 6.18 Å². The van der Waals surface area contributed by atoms with E-state index in [1.54, 1.807) is 30.3 Å². The van der Waals surface area contributed by atoms with E-state index in [0.717, 1.165) is 12.1 Å². The number of pyridine rings is 1. The first kappa shape index (κ1) is 17.9. The van der Waals surface area contributed by atoms with Gasteiger partial charge in [-0.25, -0.2) is 18.1 Å². The second-order valence-electron chi connectivity index (χ2n) is 5.43. The fourth-order valence-corrected chi connectivity index (χ4v) is 3.49. The number of para-hydroxylation sites is 1. The molecule has 0 aliphatic rings. The molecule has 1 N–H and O–H groups in total. The standard InChI is InChI=1S/C16H12F3N3O3S/c17-16(18,19)11-6-7-14(20-9-11)26(24,25)10-12-8-15(23)22(21-12)13-4-2-1-3-5-13/h1-9,21H,10H2. The van der Waals surface area contributed by atoms with E-state index >= 15 is 0 Å². The first-order chi connectivity index (χ1) is 12.2. The molecule has 1 aromatic carbocycles. The van der Waals surface area contributed by atoms with Crippen molar-refractivity contribution in [2.75, 3.05) is 0 Å². The summed E-state index contributed by atoms with van der Waals surface area (Å²) in [7, 11) is -4.02. The zero-order valence-corrected chi connectivity index (χ0v) is 13.9. The molecule has 2 aromatic heterocycles. The van der Waals surface area contributed by atoms with Gasteiger partial charge in [0.15, 0.2) is 5.03 Å². The quantitative estimate of drug-likeness (QED) is 0.750. The zero-order chi connectivity index (χ0) is 18.9. The van der Waals surface area contributed by atoms with Crippen LogP contribution in [0, 0.1) is 0 Å². The van der Waals surface area contributed by atoms with Crippen LogP contribution >= 0.6 is 0 Å². The molecule has 3 aromatic rings. The normalized spacial score (nSPS) is 12.3. The Labute approximate surface area is 145 Å². The number of hydrogen-bond acceptors (Lipinski definition) is 4. The van der Waals surface area contributed by atoms with E-state index in [9.17, 15) is 26.4 Å². The molecule has 0 aliphatic carbocycles. The SMILES string of the molecule is O=c1cc(CS(=O)(=O)c2ccc(C(F)(F)F)cn2)[nH]n1-c1ccccc1. The molecular formula is C16H12F3N3O3S. The van der Waals surface area contributed by atoms with Crippen LogP contribution in [-0.2, 0) is 21.8 Å². The van der Waals surface area contributed by atoms with Gasteiger partial charge < -0.3 is 0 Å². The van der Waals surface area contributed by atoms with Gasteiger partial charge in [0.25, 0.3) is 5.56 Å². The maximum atomic E-state index is 12.5. The molecule has 2 heterocycles. The third-order valence-corrected chi connectivity index (χ3v) is 5.09. The van der Waals surface area contributed by atoms with Crippen molar-refractivity contribution in [1.82, 2.24) is 14.8 Å². The van der Waals surface area contributed by atoms with E-state index in [2.05, 4.69) is 10.1 Å². The summed E-state index contributed by atoms with van der Waals surface area (Å²) >= 11 is 0. The minimum Gasteiger partial charge on any atom is -0.294 e. The molecule has 0 saturated heterocycles. The molecule has 0 amide bonds. The van der Waals surface area contributed by atoms with Gasteiger partial charge in [-0.1, -0.05) is 18.2 Å². The molecule has 0 fully saturated rings. The molecule has 3 rings (SSSR count). The third kappa shape index (κ3) is 3.69. The molecule has 0 atom stereocenters.